The fraction of sp³-hybridized carbons (Fsp3) is 0.385. The summed E-state index contributed by atoms with van der Waals surface area (Å²) >= 11 is 0. The van der Waals surface area contributed by atoms with Crippen LogP contribution in [-0.4, -0.2) is 45.8 Å². The average molecular weight is 243 g/mol. The van der Waals surface area contributed by atoms with Crippen molar-refractivity contribution in [1.29, 1.82) is 0 Å². The molecule has 5 heteroatoms. The van der Waals surface area contributed by atoms with Crippen LogP contribution in [0.2, 0.25) is 0 Å². The monoisotopic (exact) mass is 243 g/mol. The maximum absolute atomic E-state index is 3.83. The Balaban J connectivity index is 1.75. The van der Waals surface area contributed by atoms with Gasteiger partial charge in [-0.05, 0) is 38.2 Å². The molecular formula is C13H17N5. The van der Waals surface area contributed by atoms with E-state index in [1.54, 1.807) is 12.7 Å². The fourth-order valence-corrected chi connectivity index (χ4v) is 2.38. The smallest absolute Gasteiger partial charge is 0.123 e. The molecule has 0 spiro atoms. The van der Waals surface area contributed by atoms with Gasteiger partial charge in [-0.3, -0.25) is 4.57 Å². The highest BCUT2D eigenvalue weighted by atomic mass is 15.2. The number of nitrogens with zero attached hydrogens (tertiary/aromatic N) is 4. The molecular weight excluding hydrogens is 226 g/mol. The fourth-order valence-electron chi connectivity index (χ4n) is 2.38. The number of hydrogen-bond acceptors (Lipinski definition) is 4. The van der Waals surface area contributed by atoms with Gasteiger partial charge in [-0.2, -0.15) is 0 Å². The molecule has 1 aliphatic rings. The molecule has 0 saturated carbocycles. The van der Waals surface area contributed by atoms with E-state index in [0.717, 1.165) is 17.9 Å². The molecule has 0 radical (unpaired) electrons. The molecule has 1 aliphatic heterocycles. The molecule has 2 heterocycles. The Morgan fingerprint density at radius 1 is 1.28 bits per heavy atom. The van der Waals surface area contributed by atoms with Gasteiger partial charge in [0.15, 0.2) is 0 Å². The van der Waals surface area contributed by atoms with Gasteiger partial charge < -0.3 is 10.2 Å². The highest BCUT2D eigenvalue weighted by Crippen LogP contribution is 2.18. The van der Waals surface area contributed by atoms with Crippen molar-refractivity contribution in [3.05, 3.63) is 36.9 Å². The first-order chi connectivity index (χ1) is 8.81. The number of anilines is 1. The Labute approximate surface area is 106 Å². The molecule has 1 fully saturated rings. The minimum atomic E-state index is 0.547. The van der Waals surface area contributed by atoms with Gasteiger partial charge in [0, 0.05) is 18.3 Å². The summed E-state index contributed by atoms with van der Waals surface area (Å²) < 4.78 is 1.91. The largest absolute Gasteiger partial charge is 0.381 e. The Bertz CT molecular complexity index is 508. The molecule has 3 rings (SSSR count). The van der Waals surface area contributed by atoms with Crippen molar-refractivity contribution in [3.8, 4) is 5.69 Å². The van der Waals surface area contributed by atoms with Gasteiger partial charge >= 0.3 is 0 Å². The first-order valence-corrected chi connectivity index (χ1v) is 6.21. The van der Waals surface area contributed by atoms with E-state index in [4.69, 9.17) is 0 Å². The number of benzene rings is 1. The summed E-state index contributed by atoms with van der Waals surface area (Å²) in [5.41, 5.74) is 2.23. The van der Waals surface area contributed by atoms with Crippen LogP contribution in [0.5, 0.6) is 0 Å². The standard InChI is InChI=1S/C13H17N5/c1-17-6-5-12(8-17)16-11-3-2-4-13(7-11)18-9-14-15-10-18/h2-4,7,9-10,12,16H,5-6,8H2,1H3. The molecule has 1 saturated heterocycles. The lowest BCUT2D eigenvalue weighted by atomic mass is 10.2. The van der Waals surface area contributed by atoms with E-state index in [1.165, 1.54) is 13.0 Å². The highest BCUT2D eigenvalue weighted by Gasteiger charge is 2.18. The number of likely N-dealkylation sites (N-methyl/N-ethyl adjacent to an activating group) is 1. The van der Waals surface area contributed by atoms with Crippen LogP contribution < -0.4 is 5.32 Å². The SMILES string of the molecule is CN1CCC(Nc2cccc(-n3cnnc3)c2)C1. The lowest BCUT2D eigenvalue weighted by Crippen LogP contribution is -2.23. The average Bonchev–Trinajstić information content (AvgIpc) is 3.01. The second kappa shape index (κ2) is 4.78. The van der Waals surface area contributed by atoms with Gasteiger partial charge in [0.2, 0.25) is 0 Å². The first kappa shape index (κ1) is 11.2. The molecule has 94 valence electrons. The maximum atomic E-state index is 3.83. The summed E-state index contributed by atoms with van der Waals surface area (Å²) in [4.78, 5) is 2.35. The van der Waals surface area contributed by atoms with E-state index in [9.17, 15) is 0 Å². The van der Waals surface area contributed by atoms with E-state index < -0.39 is 0 Å². The van der Waals surface area contributed by atoms with Crippen LogP contribution in [0.25, 0.3) is 5.69 Å². The summed E-state index contributed by atoms with van der Waals surface area (Å²) in [6.07, 6.45) is 4.62. The summed E-state index contributed by atoms with van der Waals surface area (Å²) in [6, 6.07) is 8.88. The van der Waals surface area contributed by atoms with E-state index in [2.05, 4.69) is 51.7 Å². The zero-order valence-electron chi connectivity index (χ0n) is 10.5. The van der Waals surface area contributed by atoms with Crippen LogP contribution in [0.4, 0.5) is 5.69 Å². The van der Waals surface area contributed by atoms with Crippen LogP contribution in [-0.2, 0) is 0 Å². The summed E-state index contributed by atoms with van der Waals surface area (Å²) in [5.74, 6) is 0. The van der Waals surface area contributed by atoms with Crippen molar-refractivity contribution >= 4 is 5.69 Å². The van der Waals surface area contributed by atoms with E-state index in [0.29, 0.717) is 6.04 Å². The second-order valence-corrected chi connectivity index (χ2v) is 4.81. The van der Waals surface area contributed by atoms with Gasteiger partial charge in [-0.25, -0.2) is 0 Å². The van der Waals surface area contributed by atoms with E-state index >= 15 is 0 Å². The normalized spacial score (nSPS) is 20.2. The minimum absolute atomic E-state index is 0.547. The maximum Gasteiger partial charge on any atom is 0.123 e. The van der Waals surface area contributed by atoms with Gasteiger partial charge in [-0.1, -0.05) is 6.07 Å². The van der Waals surface area contributed by atoms with Crippen LogP contribution in [0.15, 0.2) is 36.9 Å². The molecule has 1 N–H and O–H groups in total. The van der Waals surface area contributed by atoms with Crippen LogP contribution >= 0.6 is 0 Å². The quantitative estimate of drug-likeness (QED) is 0.884. The molecule has 2 aromatic rings. The molecule has 1 aromatic carbocycles. The zero-order chi connectivity index (χ0) is 12.4. The highest BCUT2D eigenvalue weighted by molar-refractivity contribution is 5.51. The lowest BCUT2D eigenvalue weighted by molar-refractivity contribution is 0.414. The summed E-state index contributed by atoms with van der Waals surface area (Å²) in [7, 11) is 2.16. The molecule has 18 heavy (non-hydrogen) atoms. The van der Waals surface area contributed by atoms with E-state index in [-0.39, 0.29) is 0 Å². The molecule has 1 aromatic heterocycles. The first-order valence-electron chi connectivity index (χ1n) is 6.21. The molecule has 1 atom stereocenters. The number of nitrogens with one attached hydrogen (secondary N) is 1. The Hall–Kier alpha value is -1.88. The van der Waals surface area contributed by atoms with Crippen molar-refractivity contribution in [2.75, 3.05) is 25.5 Å². The summed E-state index contributed by atoms with van der Waals surface area (Å²) in [6.45, 7) is 2.28. The van der Waals surface area contributed by atoms with Crippen molar-refractivity contribution in [3.63, 3.8) is 0 Å². The van der Waals surface area contributed by atoms with Crippen LogP contribution in [0.1, 0.15) is 6.42 Å². The topological polar surface area (TPSA) is 46.0 Å². The Morgan fingerprint density at radius 3 is 2.83 bits per heavy atom. The number of likely N-dealkylation sites (tertiary alicyclic amines) is 1. The minimum Gasteiger partial charge on any atom is -0.381 e. The van der Waals surface area contributed by atoms with E-state index in [1.807, 2.05) is 4.57 Å². The summed E-state index contributed by atoms with van der Waals surface area (Å²) in [5, 5.41) is 11.2. The molecule has 0 bridgehead atoms. The van der Waals surface area contributed by atoms with Crippen LogP contribution in [0, 0.1) is 0 Å². The number of hydrogen-bond donors (Lipinski definition) is 1. The number of rotatable bonds is 3. The Kier molecular flexibility index (Phi) is 2.98. The molecule has 0 aliphatic carbocycles. The molecule has 1 unspecified atom stereocenters. The Morgan fingerprint density at radius 2 is 2.11 bits per heavy atom. The van der Waals surface area contributed by atoms with Crippen LogP contribution in [0.3, 0.4) is 0 Å². The van der Waals surface area contributed by atoms with Gasteiger partial charge in [-0.15, -0.1) is 10.2 Å². The van der Waals surface area contributed by atoms with Gasteiger partial charge in [0.05, 0.1) is 5.69 Å². The van der Waals surface area contributed by atoms with Crippen molar-refractivity contribution in [2.45, 2.75) is 12.5 Å². The van der Waals surface area contributed by atoms with Crippen molar-refractivity contribution < 1.29 is 0 Å². The van der Waals surface area contributed by atoms with Crippen molar-refractivity contribution in [2.24, 2.45) is 0 Å². The second-order valence-electron chi connectivity index (χ2n) is 4.81. The third-order valence-electron chi connectivity index (χ3n) is 3.33. The number of aromatic nitrogens is 3. The predicted octanol–water partition coefficient (Wildman–Crippen LogP) is 1.38. The predicted molar refractivity (Wildman–Crippen MR) is 70.9 cm³/mol. The zero-order valence-corrected chi connectivity index (χ0v) is 10.5. The molecule has 0 amide bonds. The van der Waals surface area contributed by atoms with Gasteiger partial charge in [0.25, 0.3) is 0 Å². The van der Waals surface area contributed by atoms with Crippen molar-refractivity contribution in [1.82, 2.24) is 19.7 Å². The lowest BCUT2D eigenvalue weighted by Gasteiger charge is -2.15. The van der Waals surface area contributed by atoms with Gasteiger partial charge in [0.1, 0.15) is 12.7 Å². The third kappa shape index (κ3) is 2.36. The molecule has 5 nitrogen and oxygen atoms in total. The third-order valence-corrected chi connectivity index (χ3v) is 3.33.